The van der Waals surface area contributed by atoms with Crippen LogP contribution in [0.1, 0.15) is 18.2 Å². The van der Waals surface area contributed by atoms with Gasteiger partial charge in [-0.1, -0.05) is 5.16 Å². The summed E-state index contributed by atoms with van der Waals surface area (Å²) in [4.78, 5) is 18.9. The highest BCUT2D eigenvalue weighted by Gasteiger charge is 2.35. The van der Waals surface area contributed by atoms with Crippen molar-refractivity contribution in [3.63, 3.8) is 0 Å². The summed E-state index contributed by atoms with van der Waals surface area (Å²) in [6.07, 6.45) is 0.289. The first-order valence-corrected chi connectivity index (χ1v) is 9.42. The van der Waals surface area contributed by atoms with Gasteiger partial charge in [0.2, 0.25) is 24.4 Å². The van der Waals surface area contributed by atoms with Crippen LogP contribution in [0.2, 0.25) is 0 Å². The van der Waals surface area contributed by atoms with Crippen LogP contribution < -0.4 is 23.8 Å². The van der Waals surface area contributed by atoms with E-state index in [4.69, 9.17) is 23.5 Å². The lowest BCUT2D eigenvalue weighted by Gasteiger charge is -2.18. The zero-order chi connectivity index (χ0) is 20.7. The number of carbonyl (C=O) groups excluding carboxylic acids is 1. The van der Waals surface area contributed by atoms with Crippen LogP contribution in [-0.4, -0.2) is 43.6 Å². The van der Waals surface area contributed by atoms with Crippen LogP contribution in [0.25, 0.3) is 11.4 Å². The maximum Gasteiger partial charge on any atom is 0.232 e. The van der Waals surface area contributed by atoms with Gasteiger partial charge in [0.1, 0.15) is 0 Å². The number of ether oxygens (including phenoxy) is 4. The van der Waals surface area contributed by atoms with Crippen molar-refractivity contribution in [2.45, 2.75) is 12.3 Å². The number of amides is 1. The molecule has 0 bridgehead atoms. The molecule has 1 amide bonds. The summed E-state index contributed by atoms with van der Waals surface area (Å²) >= 11 is 0. The maximum absolute atomic E-state index is 12.7. The largest absolute Gasteiger partial charge is 0.493 e. The number of benzene rings is 2. The highest BCUT2D eigenvalue weighted by molar-refractivity contribution is 5.96. The predicted octanol–water partition coefficient (Wildman–Crippen LogP) is 3.00. The fourth-order valence-electron chi connectivity index (χ4n) is 3.67. The molecule has 2 aromatic carbocycles. The Kier molecular flexibility index (Phi) is 4.42. The number of aromatic nitrogens is 2. The van der Waals surface area contributed by atoms with E-state index in [1.54, 1.807) is 31.3 Å². The average molecular weight is 409 g/mol. The van der Waals surface area contributed by atoms with E-state index in [1.165, 1.54) is 0 Å². The predicted molar refractivity (Wildman–Crippen MR) is 105 cm³/mol. The van der Waals surface area contributed by atoms with Gasteiger partial charge in [-0.05, 0) is 30.3 Å². The molecule has 1 aromatic heterocycles. The van der Waals surface area contributed by atoms with Crippen molar-refractivity contribution in [3.05, 3.63) is 42.3 Å². The molecule has 2 aliphatic rings. The zero-order valence-electron chi connectivity index (χ0n) is 16.5. The van der Waals surface area contributed by atoms with Crippen molar-refractivity contribution in [2.75, 3.05) is 32.5 Å². The molecule has 0 radical (unpaired) electrons. The Morgan fingerprint density at radius 2 is 1.87 bits per heavy atom. The summed E-state index contributed by atoms with van der Waals surface area (Å²) in [5, 5.41) is 4.08. The summed E-state index contributed by atoms with van der Waals surface area (Å²) < 4.78 is 26.8. The second-order valence-corrected chi connectivity index (χ2v) is 6.97. The molecule has 1 saturated heterocycles. The molecule has 9 nitrogen and oxygen atoms in total. The number of rotatable bonds is 5. The monoisotopic (exact) mass is 409 g/mol. The number of fused-ring (bicyclic) bond motifs is 1. The molecule has 30 heavy (non-hydrogen) atoms. The van der Waals surface area contributed by atoms with Gasteiger partial charge in [-0.25, -0.2) is 0 Å². The number of hydrogen-bond donors (Lipinski definition) is 0. The molecule has 3 heterocycles. The summed E-state index contributed by atoms with van der Waals surface area (Å²) in [5.41, 5.74) is 1.49. The highest BCUT2D eigenvalue weighted by Crippen LogP contribution is 2.38. The summed E-state index contributed by atoms with van der Waals surface area (Å²) in [7, 11) is 3.13. The Balaban J connectivity index is 1.36. The molecular formula is C21H19N3O6. The molecular weight excluding hydrogens is 390 g/mol. The van der Waals surface area contributed by atoms with Crippen LogP contribution in [0.5, 0.6) is 23.0 Å². The van der Waals surface area contributed by atoms with Crippen molar-refractivity contribution in [3.8, 4) is 34.4 Å². The van der Waals surface area contributed by atoms with Gasteiger partial charge in [0.05, 0.1) is 20.1 Å². The van der Waals surface area contributed by atoms with Gasteiger partial charge in [0, 0.05) is 30.3 Å². The van der Waals surface area contributed by atoms with Gasteiger partial charge in [-0.3, -0.25) is 4.79 Å². The van der Waals surface area contributed by atoms with Gasteiger partial charge in [-0.15, -0.1) is 0 Å². The molecule has 9 heteroatoms. The average Bonchev–Trinajstić information content (AvgIpc) is 3.51. The lowest BCUT2D eigenvalue weighted by atomic mass is 10.1. The van der Waals surface area contributed by atoms with Gasteiger partial charge in [-0.2, -0.15) is 4.98 Å². The van der Waals surface area contributed by atoms with Crippen LogP contribution in [0.4, 0.5) is 5.69 Å². The van der Waals surface area contributed by atoms with Gasteiger partial charge < -0.3 is 28.4 Å². The molecule has 0 spiro atoms. The quantitative estimate of drug-likeness (QED) is 0.635. The van der Waals surface area contributed by atoms with Crippen molar-refractivity contribution in [2.24, 2.45) is 0 Å². The lowest BCUT2D eigenvalue weighted by Crippen LogP contribution is -2.24. The minimum absolute atomic E-state index is 0.0185. The molecule has 0 saturated carbocycles. The third-order valence-electron chi connectivity index (χ3n) is 5.23. The second kappa shape index (κ2) is 7.25. The molecule has 1 atom stereocenters. The van der Waals surface area contributed by atoms with E-state index in [9.17, 15) is 4.79 Å². The standard InChI is InChI=1S/C21H19N3O6/c1-26-15-6-4-14(9-17(15)27-2)24-10-13(8-19(24)25)21-22-20(23-30-21)12-3-5-16-18(7-12)29-11-28-16/h3-7,9,13H,8,10-11H2,1-2H3/t13-/m1/s1. The Morgan fingerprint density at radius 3 is 2.70 bits per heavy atom. The van der Waals surface area contributed by atoms with Crippen LogP contribution >= 0.6 is 0 Å². The first-order chi connectivity index (χ1) is 14.7. The third kappa shape index (κ3) is 3.08. The molecule has 0 unspecified atom stereocenters. The number of nitrogens with zero attached hydrogens (tertiary/aromatic N) is 3. The van der Waals surface area contributed by atoms with Gasteiger partial charge in [0.25, 0.3) is 0 Å². The van der Waals surface area contributed by atoms with Gasteiger partial charge in [0.15, 0.2) is 23.0 Å². The fraction of sp³-hybridized carbons (Fsp3) is 0.286. The molecule has 5 rings (SSSR count). The highest BCUT2D eigenvalue weighted by atomic mass is 16.7. The minimum Gasteiger partial charge on any atom is -0.493 e. The summed E-state index contributed by atoms with van der Waals surface area (Å²) in [6, 6.07) is 10.9. The Bertz CT molecular complexity index is 1110. The van der Waals surface area contributed by atoms with E-state index in [0.717, 1.165) is 11.3 Å². The van der Waals surface area contributed by atoms with Crippen LogP contribution in [0, 0.1) is 0 Å². The maximum atomic E-state index is 12.7. The van der Waals surface area contributed by atoms with Crippen molar-refractivity contribution < 1.29 is 28.3 Å². The van der Waals surface area contributed by atoms with E-state index in [0.29, 0.717) is 41.3 Å². The smallest absolute Gasteiger partial charge is 0.232 e. The number of hydrogen-bond acceptors (Lipinski definition) is 8. The van der Waals surface area contributed by atoms with E-state index < -0.39 is 0 Å². The van der Waals surface area contributed by atoms with E-state index in [1.807, 2.05) is 24.3 Å². The second-order valence-electron chi connectivity index (χ2n) is 6.97. The molecule has 2 aliphatic heterocycles. The van der Waals surface area contributed by atoms with Crippen molar-refractivity contribution in [1.82, 2.24) is 10.1 Å². The number of carbonyl (C=O) groups is 1. The van der Waals surface area contributed by atoms with E-state index in [-0.39, 0.29) is 25.0 Å². The van der Waals surface area contributed by atoms with Crippen LogP contribution in [-0.2, 0) is 4.79 Å². The SMILES string of the molecule is COc1ccc(N2C[C@H](c3nc(-c4ccc5c(c4)OCO5)no3)CC2=O)cc1OC. The fourth-order valence-corrected chi connectivity index (χ4v) is 3.67. The van der Waals surface area contributed by atoms with E-state index >= 15 is 0 Å². The van der Waals surface area contributed by atoms with Crippen molar-refractivity contribution in [1.29, 1.82) is 0 Å². The summed E-state index contributed by atoms with van der Waals surface area (Å²) in [5.74, 6) is 3.17. The molecule has 0 aliphatic carbocycles. The first kappa shape index (κ1) is 18.3. The summed E-state index contributed by atoms with van der Waals surface area (Å²) in [6.45, 7) is 0.642. The molecule has 3 aromatic rings. The molecule has 0 N–H and O–H groups in total. The third-order valence-corrected chi connectivity index (χ3v) is 5.23. The van der Waals surface area contributed by atoms with Crippen molar-refractivity contribution >= 4 is 11.6 Å². The van der Waals surface area contributed by atoms with E-state index in [2.05, 4.69) is 10.1 Å². The van der Waals surface area contributed by atoms with Crippen LogP contribution in [0.15, 0.2) is 40.9 Å². The van der Waals surface area contributed by atoms with Gasteiger partial charge >= 0.3 is 0 Å². The number of methoxy groups -OCH3 is 2. The lowest BCUT2D eigenvalue weighted by molar-refractivity contribution is -0.117. The Labute approximate surface area is 172 Å². The minimum atomic E-state index is -0.194. The Morgan fingerprint density at radius 1 is 1.03 bits per heavy atom. The first-order valence-electron chi connectivity index (χ1n) is 9.42. The molecule has 1 fully saturated rings. The Hall–Kier alpha value is -3.75. The van der Waals surface area contributed by atoms with Crippen LogP contribution in [0.3, 0.4) is 0 Å². The number of anilines is 1. The topological polar surface area (TPSA) is 96.2 Å². The zero-order valence-corrected chi connectivity index (χ0v) is 16.5. The normalized spacial score (nSPS) is 17.5. The molecule has 154 valence electrons.